The molecule has 1 N–H and O–H groups in total. The van der Waals surface area contributed by atoms with Crippen LogP contribution in [0.5, 0.6) is 0 Å². The molecule has 12 rings (SSSR count). The van der Waals surface area contributed by atoms with Crippen molar-refractivity contribution in [2.24, 2.45) is 5.92 Å². The molecule has 0 spiro atoms. The lowest BCUT2D eigenvalue weighted by molar-refractivity contribution is 0.738. The Kier molecular flexibility index (Phi) is 8.75. The minimum Gasteiger partial charge on any atom is -0.373 e. The first kappa shape index (κ1) is 36.4. The molecule has 10 aromatic rings. The summed E-state index contributed by atoms with van der Waals surface area (Å²) in [7, 11) is 0. The largest absolute Gasteiger partial charge is 0.373 e. The second kappa shape index (κ2) is 14.9. The number of nitrogens with one attached hydrogen (secondary N) is 1. The van der Waals surface area contributed by atoms with E-state index in [1.54, 1.807) is 0 Å². The van der Waals surface area contributed by atoms with Gasteiger partial charge in [0.15, 0.2) is 17.5 Å². The lowest BCUT2D eigenvalue weighted by Gasteiger charge is -2.30. The molecule has 8 aromatic carbocycles. The molecule has 0 fully saturated rings. The summed E-state index contributed by atoms with van der Waals surface area (Å²) in [5.41, 5.74) is 12.6. The number of thiophene rings is 1. The number of rotatable bonds is 6. The maximum absolute atomic E-state index is 5.08. The third kappa shape index (κ3) is 6.32. The highest BCUT2D eigenvalue weighted by Crippen LogP contribution is 2.52. The van der Waals surface area contributed by atoms with Gasteiger partial charge in [-0.15, -0.1) is 11.3 Å². The minimum absolute atomic E-state index is 0.0128. The molecule has 294 valence electrons. The van der Waals surface area contributed by atoms with E-state index in [1.165, 1.54) is 58.8 Å². The number of aromatic nitrogens is 3. The average molecular weight is 813 g/mol. The zero-order chi connectivity index (χ0) is 41.1. The van der Waals surface area contributed by atoms with Gasteiger partial charge in [0.2, 0.25) is 0 Å². The number of allylic oxidation sites excluding steroid dienone is 4. The molecule has 4 nitrogen and oxygen atoms in total. The van der Waals surface area contributed by atoms with Crippen LogP contribution in [0.4, 0.5) is 5.69 Å². The molecule has 3 heterocycles. The first-order valence-electron chi connectivity index (χ1n) is 21.4. The van der Waals surface area contributed by atoms with Gasteiger partial charge in [-0.05, 0) is 79.9 Å². The fraction of sp³-hybridized carbons (Fsp3) is 0.0702. The van der Waals surface area contributed by atoms with Crippen LogP contribution < -0.4 is 5.32 Å². The minimum atomic E-state index is -0.0128. The molecule has 0 amide bonds. The second-order valence-corrected chi connectivity index (χ2v) is 17.6. The molecule has 2 atom stereocenters. The summed E-state index contributed by atoms with van der Waals surface area (Å²) in [5.74, 6) is 2.51. The number of nitrogens with zero attached hydrogens (tertiary/aromatic N) is 3. The number of hydrogen-bond acceptors (Lipinski definition) is 5. The third-order valence-electron chi connectivity index (χ3n) is 12.5. The highest BCUT2D eigenvalue weighted by molar-refractivity contribution is 7.19. The van der Waals surface area contributed by atoms with Crippen LogP contribution in [0.1, 0.15) is 35.7 Å². The summed E-state index contributed by atoms with van der Waals surface area (Å²) in [6.07, 6.45) is 7.59. The normalized spacial score (nSPS) is 15.6. The monoisotopic (exact) mass is 812 g/mol. The van der Waals surface area contributed by atoms with E-state index in [1.807, 2.05) is 17.4 Å². The molecule has 0 radical (unpaired) electrons. The van der Waals surface area contributed by atoms with Crippen molar-refractivity contribution in [2.75, 3.05) is 5.32 Å². The molecule has 0 saturated heterocycles. The van der Waals surface area contributed by atoms with Gasteiger partial charge in [-0.25, -0.2) is 15.0 Å². The number of fused-ring (bicyclic) bond motifs is 8. The van der Waals surface area contributed by atoms with Crippen LogP contribution in [0.15, 0.2) is 194 Å². The molecule has 5 heteroatoms. The predicted octanol–water partition coefficient (Wildman–Crippen LogP) is 15.2. The third-order valence-corrected chi connectivity index (χ3v) is 13.8. The van der Waals surface area contributed by atoms with Gasteiger partial charge in [0.05, 0.1) is 6.04 Å². The van der Waals surface area contributed by atoms with Gasteiger partial charge >= 0.3 is 0 Å². The fourth-order valence-electron chi connectivity index (χ4n) is 9.28. The SMILES string of the molecule is CC1C=CC(c2nc(-c3ccc(-c4ccccc4)cc3)nc(-c3ccc(-c4ccc5c(c4)NC(c4cc6ccccc6c6ccccc46)c4sc6ccccc6c4-5)cc3)n2)=CC1. The Labute approximate surface area is 364 Å². The smallest absolute Gasteiger partial charge is 0.164 e. The van der Waals surface area contributed by atoms with E-state index in [9.17, 15) is 0 Å². The Morgan fingerprint density at radius 1 is 0.516 bits per heavy atom. The van der Waals surface area contributed by atoms with Gasteiger partial charge in [-0.1, -0.05) is 183 Å². The van der Waals surface area contributed by atoms with Gasteiger partial charge in [0.1, 0.15) is 0 Å². The first-order chi connectivity index (χ1) is 30.6. The van der Waals surface area contributed by atoms with Gasteiger partial charge < -0.3 is 5.32 Å². The maximum atomic E-state index is 5.08. The lowest BCUT2D eigenvalue weighted by atomic mass is 9.86. The van der Waals surface area contributed by atoms with Crippen molar-refractivity contribution in [3.8, 4) is 56.2 Å². The van der Waals surface area contributed by atoms with Crippen LogP contribution >= 0.6 is 11.3 Å². The highest BCUT2D eigenvalue weighted by atomic mass is 32.1. The van der Waals surface area contributed by atoms with Crippen molar-refractivity contribution in [3.63, 3.8) is 0 Å². The van der Waals surface area contributed by atoms with Crippen molar-refractivity contribution >= 4 is 54.2 Å². The molecule has 2 unspecified atom stereocenters. The molecular weight excluding hydrogens is 773 g/mol. The quantitative estimate of drug-likeness (QED) is 0.170. The van der Waals surface area contributed by atoms with Crippen LogP contribution in [0, 0.1) is 5.92 Å². The maximum Gasteiger partial charge on any atom is 0.164 e. The van der Waals surface area contributed by atoms with E-state index in [4.69, 9.17) is 15.0 Å². The lowest BCUT2D eigenvalue weighted by Crippen LogP contribution is -2.17. The Bertz CT molecular complexity index is 3420. The summed E-state index contributed by atoms with van der Waals surface area (Å²) in [5, 5.41) is 10.5. The molecular formula is C57H40N4S. The van der Waals surface area contributed by atoms with Crippen LogP contribution in [0.3, 0.4) is 0 Å². The van der Waals surface area contributed by atoms with Gasteiger partial charge in [-0.2, -0.15) is 0 Å². The van der Waals surface area contributed by atoms with E-state index >= 15 is 0 Å². The Hall–Kier alpha value is -7.47. The molecule has 0 saturated carbocycles. The molecule has 1 aliphatic heterocycles. The predicted molar refractivity (Wildman–Crippen MR) is 260 cm³/mol. The average Bonchev–Trinajstić information content (AvgIpc) is 3.74. The van der Waals surface area contributed by atoms with E-state index in [-0.39, 0.29) is 6.04 Å². The second-order valence-electron chi connectivity index (χ2n) is 16.5. The van der Waals surface area contributed by atoms with Crippen molar-refractivity contribution < 1.29 is 0 Å². The van der Waals surface area contributed by atoms with Gasteiger partial charge in [-0.3, -0.25) is 0 Å². The summed E-state index contributed by atoms with van der Waals surface area (Å²) < 4.78 is 1.31. The van der Waals surface area contributed by atoms with Gasteiger partial charge in [0.25, 0.3) is 0 Å². The van der Waals surface area contributed by atoms with Crippen molar-refractivity contribution in [2.45, 2.75) is 19.4 Å². The highest BCUT2D eigenvalue weighted by Gasteiger charge is 2.31. The molecule has 0 bridgehead atoms. The Morgan fingerprint density at radius 3 is 1.82 bits per heavy atom. The zero-order valence-corrected chi connectivity index (χ0v) is 34.9. The molecule has 62 heavy (non-hydrogen) atoms. The topological polar surface area (TPSA) is 50.7 Å². The van der Waals surface area contributed by atoms with E-state index in [2.05, 4.69) is 200 Å². The van der Waals surface area contributed by atoms with Crippen LogP contribution in [0.2, 0.25) is 0 Å². The van der Waals surface area contributed by atoms with Gasteiger partial charge in [0, 0.05) is 48.5 Å². The van der Waals surface area contributed by atoms with E-state index in [0.717, 1.165) is 45.5 Å². The number of anilines is 1. The van der Waals surface area contributed by atoms with Crippen molar-refractivity contribution in [3.05, 3.63) is 210 Å². The van der Waals surface area contributed by atoms with Crippen LogP contribution in [0.25, 0.3) is 93.4 Å². The standard InChI is InChI=1S/C57H40N4S/c1-35-19-21-39(22-20-35)55-59-56(40-27-23-37(24-28-40)36-11-3-2-4-12-36)61-57(60-55)41-29-25-38(26-30-41)42-31-32-47-50(34-42)58-53(54-52(47)48-17-9-10-18-51(48)62-54)49-33-43-13-5-6-14-44(43)45-15-7-8-16-46(45)49/h2-19,21-35,53,58H,20H2,1H3. The Balaban J connectivity index is 0.927. The summed E-state index contributed by atoms with van der Waals surface area (Å²) in [6, 6.07) is 63.4. The summed E-state index contributed by atoms with van der Waals surface area (Å²) in [6.45, 7) is 2.23. The van der Waals surface area contributed by atoms with E-state index < -0.39 is 0 Å². The van der Waals surface area contributed by atoms with Crippen molar-refractivity contribution in [1.29, 1.82) is 0 Å². The fourth-order valence-corrected chi connectivity index (χ4v) is 10.6. The number of benzene rings is 8. The Morgan fingerprint density at radius 2 is 1.10 bits per heavy atom. The summed E-state index contributed by atoms with van der Waals surface area (Å²) in [4.78, 5) is 16.5. The molecule has 2 aliphatic rings. The van der Waals surface area contributed by atoms with E-state index in [0.29, 0.717) is 23.4 Å². The van der Waals surface area contributed by atoms with Crippen LogP contribution in [-0.4, -0.2) is 15.0 Å². The molecule has 2 aromatic heterocycles. The summed E-state index contributed by atoms with van der Waals surface area (Å²) >= 11 is 1.90. The molecule has 1 aliphatic carbocycles. The zero-order valence-electron chi connectivity index (χ0n) is 34.1. The van der Waals surface area contributed by atoms with Crippen LogP contribution in [-0.2, 0) is 0 Å². The van der Waals surface area contributed by atoms with Crippen molar-refractivity contribution in [1.82, 2.24) is 15.0 Å². The number of hydrogen-bond donors (Lipinski definition) is 1. The first-order valence-corrected chi connectivity index (χ1v) is 22.2.